The molecule has 7 heavy (non-hydrogen) atoms. The third-order valence-electron chi connectivity index (χ3n) is 0.347. The van der Waals surface area contributed by atoms with E-state index in [1.54, 1.807) is 6.92 Å². The van der Waals surface area contributed by atoms with E-state index in [4.69, 9.17) is 6.57 Å². The smallest absolute Gasteiger partial charge is 0.799 e. The first-order valence-electron chi connectivity index (χ1n) is 1.47. The number of hydrogen-bond donors (Lipinski definition) is 0. The molecule has 0 aliphatic rings. The zero-order chi connectivity index (χ0) is 4.99. The summed E-state index contributed by atoms with van der Waals surface area (Å²) in [6.07, 6.45) is 0. The van der Waals surface area contributed by atoms with Crippen LogP contribution >= 0.6 is 0 Å². The summed E-state index contributed by atoms with van der Waals surface area (Å²) in [5, 5.41) is 1.37. The Hall–Kier alpha value is 0.190. The Morgan fingerprint density at radius 1 is 1.86 bits per heavy atom. The zero-order valence-electron chi connectivity index (χ0n) is 3.73. The van der Waals surface area contributed by atoms with Crippen LogP contribution in [0.15, 0.2) is 11.1 Å². The molecule has 0 unspecified atom stereocenters. The van der Waals surface area contributed by atoms with Crippen LogP contribution in [0.4, 0.5) is 0 Å². The fourth-order valence-corrected chi connectivity index (χ4v) is 0.0791. The molecule has 3 heteroatoms. The van der Waals surface area contributed by atoms with E-state index in [-0.39, 0.29) is 22.4 Å². The SMILES string of the molecule is [Au+].[C-]#[N+]/C(C)=C\[S-]. The third kappa shape index (κ3) is 6.19. The van der Waals surface area contributed by atoms with Gasteiger partial charge < -0.3 is 12.6 Å². The topological polar surface area (TPSA) is 4.36 Å². The first kappa shape index (κ1) is 10.2. The van der Waals surface area contributed by atoms with Crippen molar-refractivity contribution < 1.29 is 22.4 Å². The number of rotatable bonds is 0. The van der Waals surface area contributed by atoms with Gasteiger partial charge in [-0.25, -0.2) is 10.3 Å². The average Bonchev–Trinajstić information content (AvgIpc) is 1.65. The van der Waals surface area contributed by atoms with Gasteiger partial charge in [-0.2, -0.15) is 0 Å². The van der Waals surface area contributed by atoms with Crippen molar-refractivity contribution in [2.24, 2.45) is 0 Å². The summed E-state index contributed by atoms with van der Waals surface area (Å²) in [5.74, 6) is 0. The Bertz CT molecular complexity index is 103. The summed E-state index contributed by atoms with van der Waals surface area (Å²) in [7, 11) is 0. The van der Waals surface area contributed by atoms with Gasteiger partial charge in [-0.1, -0.05) is 0 Å². The van der Waals surface area contributed by atoms with E-state index in [1.807, 2.05) is 0 Å². The molecule has 0 aromatic carbocycles. The molecule has 0 spiro atoms. The first-order valence-corrected chi connectivity index (χ1v) is 1.94. The molecule has 42 valence electrons. The number of nitrogens with zero attached hydrogens (tertiary/aromatic N) is 1. The second-order valence-corrected chi connectivity index (χ2v) is 1.11. The van der Waals surface area contributed by atoms with Gasteiger partial charge in [-0.3, -0.25) is 0 Å². The van der Waals surface area contributed by atoms with Crippen molar-refractivity contribution in [2.45, 2.75) is 6.92 Å². The van der Waals surface area contributed by atoms with Gasteiger partial charge >= 0.3 is 22.4 Å². The molecule has 0 N–H and O–H groups in total. The zero-order valence-corrected chi connectivity index (χ0v) is 6.72. The van der Waals surface area contributed by atoms with E-state index in [9.17, 15) is 0 Å². The van der Waals surface area contributed by atoms with Crippen LogP contribution in [0.3, 0.4) is 0 Å². The maximum absolute atomic E-state index is 6.30. The second kappa shape index (κ2) is 6.19. The second-order valence-electron chi connectivity index (χ2n) is 0.871. The van der Waals surface area contributed by atoms with Gasteiger partial charge in [0.05, 0.1) is 6.57 Å². The minimum atomic E-state index is 0. The van der Waals surface area contributed by atoms with Crippen LogP contribution in [0.5, 0.6) is 0 Å². The van der Waals surface area contributed by atoms with Gasteiger partial charge in [0.15, 0.2) is 0 Å². The van der Waals surface area contributed by atoms with E-state index < -0.39 is 0 Å². The van der Waals surface area contributed by atoms with Crippen molar-refractivity contribution in [3.8, 4) is 0 Å². The summed E-state index contributed by atoms with van der Waals surface area (Å²) < 4.78 is 0. The van der Waals surface area contributed by atoms with Crippen molar-refractivity contribution in [1.82, 2.24) is 0 Å². The van der Waals surface area contributed by atoms with Crippen molar-refractivity contribution in [3.63, 3.8) is 0 Å². The van der Waals surface area contributed by atoms with Crippen LogP contribution in [0.2, 0.25) is 0 Å². The van der Waals surface area contributed by atoms with Crippen molar-refractivity contribution >= 4 is 12.6 Å². The minimum Gasteiger partial charge on any atom is -0.799 e. The van der Waals surface area contributed by atoms with Crippen LogP contribution in [0.1, 0.15) is 6.92 Å². The summed E-state index contributed by atoms with van der Waals surface area (Å²) >= 11 is 4.40. The largest absolute Gasteiger partial charge is 1.00 e. The molecule has 0 aromatic rings. The summed E-state index contributed by atoms with van der Waals surface area (Å²) in [6.45, 7) is 7.98. The van der Waals surface area contributed by atoms with Gasteiger partial charge in [0.2, 0.25) is 0 Å². The van der Waals surface area contributed by atoms with E-state index in [0.717, 1.165) is 0 Å². The Balaban J connectivity index is 0. The predicted octanol–water partition coefficient (Wildman–Crippen LogP) is 1.31. The Morgan fingerprint density at radius 2 is 2.29 bits per heavy atom. The Kier molecular flexibility index (Phi) is 9.04. The Labute approximate surface area is 64.5 Å². The molecule has 0 atom stereocenters. The third-order valence-corrected chi connectivity index (χ3v) is 0.688. The molecule has 0 saturated carbocycles. The molecule has 0 aromatic heterocycles. The Morgan fingerprint density at radius 3 is 2.29 bits per heavy atom. The molecular weight excluding hydrogens is 291 g/mol. The fraction of sp³-hybridized carbons (Fsp3) is 0.250. The molecule has 0 radical (unpaired) electrons. The molecule has 1 nitrogen and oxygen atoms in total. The van der Waals surface area contributed by atoms with Crippen LogP contribution in [-0.2, 0) is 35.0 Å². The molecule has 0 saturated heterocycles. The summed E-state index contributed by atoms with van der Waals surface area (Å²) in [4.78, 5) is 3.01. The summed E-state index contributed by atoms with van der Waals surface area (Å²) in [6, 6.07) is 0. The van der Waals surface area contributed by atoms with Crippen molar-refractivity contribution in [3.05, 3.63) is 22.5 Å². The van der Waals surface area contributed by atoms with Crippen LogP contribution in [0.25, 0.3) is 4.85 Å². The molecule has 0 rings (SSSR count). The van der Waals surface area contributed by atoms with E-state index >= 15 is 0 Å². The van der Waals surface area contributed by atoms with Crippen molar-refractivity contribution in [2.75, 3.05) is 0 Å². The number of hydrogen-bond acceptors (Lipinski definition) is 1. The minimum absolute atomic E-state index is 0. The number of allylic oxidation sites excluding steroid dienone is 1. The molecule has 0 aliphatic heterocycles. The molecule has 0 bridgehead atoms. The van der Waals surface area contributed by atoms with Gasteiger partial charge in [0.1, 0.15) is 5.70 Å². The van der Waals surface area contributed by atoms with Gasteiger partial charge in [0.25, 0.3) is 0 Å². The van der Waals surface area contributed by atoms with Gasteiger partial charge in [0, 0.05) is 0 Å². The molecule has 0 fully saturated rings. The van der Waals surface area contributed by atoms with Crippen LogP contribution in [0, 0.1) is 6.57 Å². The molecule has 0 aliphatic carbocycles. The monoisotopic (exact) mass is 295 g/mol. The maximum atomic E-state index is 6.30. The van der Waals surface area contributed by atoms with E-state index in [2.05, 4.69) is 17.5 Å². The van der Waals surface area contributed by atoms with Gasteiger partial charge in [-0.15, -0.1) is 0 Å². The molecular formula is C4H4AuNS. The normalized spacial score (nSPS) is 8.86. The van der Waals surface area contributed by atoms with Crippen LogP contribution < -0.4 is 0 Å². The fourth-order valence-electron chi connectivity index (χ4n) is 0.0264. The first-order chi connectivity index (χ1) is 2.81. The maximum Gasteiger partial charge on any atom is 1.00 e. The molecule has 0 amide bonds. The van der Waals surface area contributed by atoms with E-state index in [1.165, 1.54) is 5.41 Å². The van der Waals surface area contributed by atoms with E-state index in [0.29, 0.717) is 5.70 Å². The van der Waals surface area contributed by atoms with Crippen molar-refractivity contribution in [1.29, 1.82) is 0 Å². The van der Waals surface area contributed by atoms with Gasteiger partial charge in [-0.05, 0) is 6.92 Å². The quantitative estimate of drug-likeness (QED) is 0.370. The standard InChI is InChI=1S/C4H5NS.Au/c1-4(3-6)5-2;/h3,6H,1H3;/q;+1/p-1/b4-3-;. The average molecular weight is 295 g/mol. The summed E-state index contributed by atoms with van der Waals surface area (Å²) in [5.41, 5.74) is 0.574. The molecule has 0 heterocycles. The van der Waals surface area contributed by atoms with Crippen LogP contribution in [-0.4, -0.2) is 0 Å². The predicted molar refractivity (Wildman–Crippen MR) is 27.7 cm³/mol.